The predicted molar refractivity (Wildman–Crippen MR) is 208 cm³/mol. The van der Waals surface area contributed by atoms with E-state index in [0.717, 1.165) is 49.5 Å². The van der Waals surface area contributed by atoms with Crippen molar-refractivity contribution in [2.45, 2.75) is 167 Å². The Morgan fingerprint density at radius 1 is 0.542 bits per heavy atom. The highest BCUT2D eigenvalue weighted by Gasteiger charge is 2.21. The van der Waals surface area contributed by atoms with Gasteiger partial charge in [0.1, 0.15) is 0 Å². The van der Waals surface area contributed by atoms with E-state index in [1.807, 2.05) is 0 Å². The summed E-state index contributed by atoms with van der Waals surface area (Å²) in [5, 5.41) is 5.47. The monoisotopic (exact) mass is 690 g/mol. The van der Waals surface area contributed by atoms with Gasteiger partial charge >= 0.3 is 6.15 Å². The number of carbonyl (C=O) groups excluding carboxylic acids is 4. The van der Waals surface area contributed by atoms with Crippen LogP contribution in [0.25, 0.3) is 0 Å². The molecule has 9 heteroatoms. The molecule has 0 aliphatic rings. The van der Waals surface area contributed by atoms with Gasteiger partial charge in [0.15, 0.2) is 0 Å². The third-order valence-electron chi connectivity index (χ3n) is 6.98. The van der Waals surface area contributed by atoms with Crippen molar-refractivity contribution in [3.8, 4) is 0 Å². The Morgan fingerprint density at radius 3 is 1.23 bits per heavy atom. The van der Waals surface area contributed by atoms with E-state index in [4.69, 9.17) is 26.8 Å². The van der Waals surface area contributed by atoms with E-state index in [1.165, 1.54) is 57.8 Å². The van der Waals surface area contributed by atoms with E-state index >= 15 is 0 Å². The van der Waals surface area contributed by atoms with Gasteiger partial charge in [-0.2, -0.15) is 9.59 Å². The van der Waals surface area contributed by atoms with Crippen LogP contribution < -0.4 is 27.8 Å². The molecule has 2 amide bonds. The molecule has 0 fully saturated rings. The third kappa shape index (κ3) is 66.6. The van der Waals surface area contributed by atoms with Crippen LogP contribution in [0, 0.1) is 35.5 Å². The molecule has 0 spiro atoms. The van der Waals surface area contributed by atoms with Crippen molar-refractivity contribution in [3.63, 3.8) is 0 Å². The molecule has 8 N–H and O–H groups in total. The first-order chi connectivity index (χ1) is 22.1. The molecule has 0 aromatic carbocycles. The van der Waals surface area contributed by atoms with Crippen LogP contribution in [0.3, 0.4) is 0 Å². The molecule has 1 unspecified atom stereocenters. The molecule has 0 rings (SSSR count). The SMILES string of the molecule is C.CC(C)CCCC(C)C.CC(C)CCCC(CC(=O)NCCN)C(=O)NCCN.CC(C)CCCN.CCCCCC(C)C.O=C=O. The van der Waals surface area contributed by atoms with Crippen LogP contribution in [0.1, 0.15) is 167 Å². The van der Waals surface area contributed by atoms with Crippen LogP contribution in [0.4, 0.5) is 0 Å². The summed E-state index contributed by atoms with van der Waals surface area (Å²) in [5.74, 6) is 3.64. The average Bonchev–Trinajstić information content (AvgIpc) is 2.98. The van der Waals surface area contributed by atoms with Gasteiger partial charge in [-0.05, 0) is 55.4 Å². The topological polar surface area (TPSA) is 170 Å². The molecule has 0 heterocycles. The van der Waals surface area contributed by atoms with Gasteiger partial charge in [-0.15, -0.1) is 0 Å². The fourth-order valence-corrected chi connectivity index (χ4v) is 4.21. The Bertz CT molecular complexity index is 657. The summed E-state index contributed by atoms with van der Waals surface area (Å²) in [5.41, 5.74) is 16.0. The Labute approximate surface area is 299 Å². The van der Waals surface area contributed by atoms with Crippen LogP contribution in [-0.4, -0.2) is 50.7 Å². The molecule has 1 atom stereocenters. The Morgan fingerprint density at radius 2 is 0.896 bits per heavy atom. The van der Waals surface area contributed by atoms with Crippen LogP contribution in [-0.2, 0) is 19.2 Å². The van der Waals surface area contributed by atoms with Gasteiger partial charge in [0.05, 0.1) is 0 Å². The van der Waals surface area contributed by atoms with E-state index in [1.54, 1.807) is 0 Å². The minimum Gasteiger partial charge on any atom is -0.355 e. The second-order valence-electron chi connectivity index (χ2n) is 14.5. The largest absolute Gasteiger partial charge is 0.373 e. The number of unbranched alkanes of at least 4 members (excludes halogenated alkanes) is 2. The van der Waals surface area contributed by atoms with Crippen LogP contribution in [0.5, 0.6) is 0 Å². The highest BCUT2D eigenvalue weighted by molar-refractivity contribution is 5.85. The molecule has 0 aromatic heterocycles. The Hall–Kier alpha value is -1.80. The Balaban J connectivity index is -0.000000131. The van der Waals surface area contributed by atoms with Crippen LogP contribution >= 0.6 is 0 Å². The fraction of sp³-hybridized carbons (Fsp3) is 0.923. The van der Waals surface area contributed by atoms with E-state index in [0.29, 0.717) is 32.1 Å². The van der Waals surface area contributed by atoms with Crippen molar-refractivity contribution in [3.05, 3.63) is 0 Å². The van der Waals surface area contributed by atoms with Gasteiger partial charge in [0, 0.05) is 38.5 Å². The number of carbonyl (C=O) groups is 2. The standard InChI is InChI=1S/C14H30N4O2.C9H20.C8H18.C6H15N.CO2.CH4/c1-11(2)4-3-5-12(14(20)18-9-7-16)10-13(19)17-8-6-15;1-8(2)6-5-7-9(3)4;1-4-5-6-7-8(2)3;1-6(2)4-3-5-7;2-1-3;/h11-12H,3-10,15-16H2,1-2H3,(H,17,19)(H,18,20);8-9H,5-7H2,1-4H3;8H,4-7H2,1-3H3;6H,3-5,7H2,1-2H3;;1H4. The van der Waals surface area contributed by atoms with Gasteiger partial charge in [-0.25, -0.2) is 0 Å². The first-order valence-corrected chi connectivity index (χ1v) is 18.7. The summed E-state index contributed by atoms with van der Waals surface area (Å²) in [6.07, 6.45) is 15.5. The lowest BCUT2D eigenvalue weighted by atomic mass is 9.94. The van der Waals surface area contributed by atoms with Crippen molar-refractivity contribution in [1.82, 2.24) is 10.6 Å². The minimum atomic E-state index is -0.280. The maximum absolute atomic E-state index is 12.0. The van der Waals surface area contributed by atoms with Crippen molar-refractivity contribution >= 4 is 18.0 Å². The summed E-state index contributed by atoms with van der Waals surface area (Å²) in [6, 6.07) is 0. The van der Waals surface area contributed by atoms with Gasteiger partial charge in [0.25, 0.3) is 0 Å². The maximum Gasteiger partial charge on any atom is 0.373 e. The Kier molecular flexibility index (Phi) is 57.6. The second-order valence-corrected chi connectivity index (χ2v) is 14.5. The van der Waals surface area contributed by atoms with E-state index in [2.05, 4.69) is 86.8 Å². The van der Waals surface area contributed by atoms with Crippen molar-refractivity contribution in [2.24, 2.45) is 52.7 Å². The molecule has 0 aliphatic heterocycles. The zero-order chi connectivity index (χ0) is 37.5. The molecular weight excluding hydrogens is 602 g/mol. The number of rotatable bonds is 22. The number of hydrogen-bond acceptors (Lipinski definition) is 7. The number of amides is 2. The smallest absolute Gasteiger partial charge is 0.355 e. The molecular formula is C39H87N5O4. The molecule has 0 aliphatic carbocycles. The minimum absolute atomic E-state index is 0. The summed E-state index contributed by atoms with van der Waals surface area (Å²) in [6.45, 7) is 27.3. The molecule has 9 nitrogen and oxygen atoms in total. The van der Waals surface area contributed by atoms with Gasteiger partial charge in [-0.1, -0.05) is 141 Å². The molecule has 0 bridgehead atoms. The average molecular weight is 690 g/mol. The van der Waals surface area contributed by atoms with Crippen molar-refractivity contribution in [2.75, 3.05) is 32.7 Å². The highest BCUT2D eigenvalue weighted by atomic mass is 16.2. The summed E-state index contributed by atoms with van der Waals surface area (Å²) in [4.78, 5) is 40.0. The van der Waals surface area contributed by atoms with Crippen molar-refractivity contribution < 1.29 is 19.2 Å². The van der Waals surface area contributed by atoms with Crippen molar-refractivity contribution in [1.29, 1.82) is 0 Å². The highest BCUT2D eigenvalue weighted by Crippen LogP contribution is 2.16. The van der Waals surface area contributed by atoms with E-state index < -0.39 is 0 Å². The lowest BCUT2D eigenvalue weighted by molar-refractivity contribution is -0.191. The van der Waals surface area contributed by atoms with Crippen LogP contribution in [0.2, 0.25) is 0 Å². The van der Waals surface area contributed by atoms with Gasteiger partial charge in [0.2, 0.25) is 11.8 Å². The molecule has 48 heavy (non-hydrogen) atoms. The maximum atomic E-state index is 12.0. The molecule has 0 aromatic rings. The predicted octanol–water partition coefficient (Wildman–Crippen LogP) is 8.09. The summed E-state index contributed by atoms with van der Waals surface area (Å²) in [7, 11) is 0. The molecule has 292 valence electrons. The lowest BCUT2D eigenvalue weighted by Crippen LogP contribution is -2.38. The van der Waals surface area contributed by atoms with E-state index in [-0.39, 0.29) is 37.7 Å². The van der Waals surface area contributed by atoms with Gasteiger partial charge < -0.3 is 27.8 Å². The third-order valence-corrected chi connectivity index (χ3v) is 6.98. The number of hydrogen-bond donors (Lipinski definition) is 5. The normalized spacial score (nSPS) is 10.6. The summed E-state index contributed by atoms with van der Waals surface area (Å²) >= 11 is 0. The van der Waals surface area contributed by atoms with Crippen LogP contribution in [0.15, 0.2) is 0 Å². The molecule has 0 saturated carbocycles. The first-order valence-electron chi connectivity index (χ1n) is 18.7. The van der Waals surface area contributed by atoms with E-state index in [9.17, 15) is 9.59 Å². The molecule has 0 radical (unpaired) electrons. The quantitative estimate of drug-likeness (QED) is 0.0715. The zero-order valence-corrected chi connectivity index (χ0v) is 33.1. The fourth-order valence-electron chi connectivity index (χ4n) is 4.21. The molecule has 0 saturated heterocycles. The second kappa shape index (κ2) is 47.3. The van der Waals surface area contributed by atoms with Gasteiger partial charge in [-0.3, -0.25) is 9.59 Å². The number of nitrogens with one attached hydrogen (secondary N) is 2. The number of nitrogens with two attached hydrogens (primary N) is 3. The zero-order valence-electron chi connectivity index (χ0n) is 33.1. The summed E-state index contributed by atoms with van der Waals surface area (Å²) < 4.78 is 0. The first kappa shape index (κ1) is 58.4. The lowest BCUT2D eigenvalue weighted by Gasteiger charge is -2.17.